The quantitative estimate of drug-likeness (QED) is 0.197. The Morgan fingerprint density at radius 2 is 1.93 bits per heavy atom. The number of nitrogens with one attached hydrogen (secondary N) is 3. The lowest BCUT2D eigenvalue weighted by Crippen LogP contribution is -2.39. The van der Waals surface area contributed by atoms with Gasteiger partial charge in [-0.2, -0.15) is 0 Å². The molecule has 0 bridgehead atoms. The van der Waals surface area contributed by atoms with Gasteiger partial charge in [0.05, 0.1) is 13.2 Å². The minimum atomic E-state index is 0. The highest BCUT2D eigenvalue weighted by Crippen LogP contribution is 2.22. The van der Waals surface area contributed by atoms with Gasteiger partial charge in [0.15, 0.2) is 5.96 Å². The van der Waals surface area contributed by atoms with E-state index >= 15 is 0 Å². The average Bonchev–Trinajstić information content (AvgIpc) is 3.09. The van der Waals surface area contributed by atoms with Crippen molar-refractivity contribution < 1.29 is 9.47 Å². The summed E-state index contributed by atoms with van der Waals surface area (Å²) in [5.74, 6) is 0.830. The third-order valence-corrected chi connectivity index (χ3v) is 4.37. The van der Waals surface area contributed by atoms with E-state index in [9.17, 15) is 0 Å². The van der Waals surface area contributed by atoms with Crippen LogP contribution in [0.15, 0.2) is 29.4 Å². The number of nitrogens with zero attached hydrogens (tertiary/aromatic N) is 1. The van der Waals surface area contributed by atoms with E-state index in [2.05, 4.69) is 51.9 Å². The summed E-state index contributed by atoms with van der Waals surface area (Å²) in [5.41, 5.74) is 3.97. The minimum absolute atomic E-state index is 0. The molecule has 0 saturated heterocycles. The number of fused-ring (bicyclic) bond motifs is 1. The third kappa shape index (κ3) is 7.67. The fourth-order valence-corrected chi connectivity index (χ4v) is 2.94. The first-order valence-electron chi connectivity index (χ1n) is 9.39. The molecule has 0 spiro atoms. The van der Waals surface area contributed by atoms with Gasteiger partial charge >= 0.3 is 0 Å². The van der Waals surface area contributed by atoms with Gasteiger partial charge < -0.3 is 25.1 Å². The maximum atomic E-state index is 5.45. The zero-order valence-corrected chi connectivity index (χ0v) is 19.0. The molecule has 0 aliphatic rings. The molecule has 0 amide bonds. The van der Waals surface area contributed by atoms with Gasteiger partial charge in [0.1, 0.15) is 0 Å². The zero-order chi connectivity index (χ0) is 18.6. The minimum Gasteiger partial charge on any atom is -0.382 e. The van der Waals surface area contributed by atoms with Crippen molar-refractivity contribution in [2.24, 2.45) is 4.99 Å². The Bertz CT molecular complexity index is 688. The summed E-state index contributed by atoms with van der Waals surface area (Å²) < 4.78 is 10.4. The average molecular weight is 488 g/mol. The number of aliphatic imine (C=N–C) groups is 1. The summed E-state index contributed by atoms with van der Waals surface area (Å²) in [4.78, 5) is 7.70. The Hall–Kier alpha value is -1.32. The molecular weight excluding hydrogens is 455 g/mol. The first-order valence-corrected chi connectivity index (χ1v) is 9.39. The molecule has 2 aromatic rings. The van der Waals surface area contributed by atoms with Gasteiger partial charge in [-0.3, -0.25) is 4.99 Å². The lowest BCUT2D eigenvalue weighted by atomic mass is 10.1. The van der Waals surface area contributed by atoms with E-state index in [1.807, 2.05) is 0 Å². The van der Waals surface area contributed by atoms with Crippen molar-refractivity contribution in [2.45, 2.75) is 26.2 Å². The fraction of sp³-hybridized carbons (Fsp3) is 0.550. The van der Waals surface area contributed by atoms with Crippen LogP contribution in [-0.2, 0) is 22.3 Å². The molecule has 1 aromatic carbocycles. The number of para-hydroxylation sites is 1. The Labute approximate surface area is 179 Å². The molecule has 0 fully saturated rings. The molecule has 27 heavy (non-hydrogen) atoms. The van der Waals surface area contributed by atoms with E-state index in [0.717, 1.165) is 44.9 Å². The standard InChI is InChI=1S/C20H32N4O2.HI/c1-4-16-7-5-8-18-17(15-24-19(16)18)9-11-23-20(21-2)22-10-6-12-26-14-13-25-3;/h5,7-8,15,24H,4,6,9-14H2,1-3H3,(H2,21,22,23);1H. The second-order valence-electron chi connectivity index (χ2n) is 6.14. The number of rotatable bonds is 11. The van der Waals surface area contributed by atoms with E-state index in [4.69, 9.17) is 9.47 Å². The Kier molecular flexibility index (Phi) is 12.1. The first-order chi connectivity index (χ1) is 12.8. The number of hydrogen-bond donors (Lipinski definition) is 3. The number of halogens is 1. The van der Waals surface area contributed by atoms with Crippen LogP contribution in [0.5, 0.6) is 0 Å². The topological polar surface area (TPSA) is 70.7 Å². The van der Waals surface area contributed by atoms with Crippen LogP contribution >= 0.6 is 24.0 Å². The number of aromatic amines is 1. The number of methoxy groups -OCH3 is 1. The second kappa shape index (κ2) is 13.8. The number of H-pyrrole nitrogens is 1. The monoisotopic (exact) mass is 488 g/mol. The van der Waals surface area contributed by atoms with Crippen LogP contribution in [0.4, 0.5) is 0 Å². The summed E-state index contributed by atoms with van der Waals surface area (Å²) in [6.07, 6.45) is 5.06. The van der Waals surface area contributed by atoms with E-state index < -0.39 is 0 Å². The second-order valence-corrected chi connectivity index (χ2v) is 6.14. The van der Waals surface area contributed by atoms with Crippen LogP contribution in [0.2, 0.25) is 0 Å². The van der Waals surface area contributed by atoms with Gasteiger partial charge in [-0.05, 0) is 30.4 Å². The van der Waals surface area contributed by atoms with Crippen molar-refractivity contribution in [3.05, 3.63) is 35.5 Å². The van der Waals surface area contributed by atoms with Crippen molar-refractivity contribution in [1.82, 2.24) is 15.6 Å². The molecule has 6 nitrogen and oxygen atoms in total. The SMILES string of the molecule is CCc1cccc2c(CCNC(=NC)NCCCOCCOC)c[nH]c12.I. The Balaban J connectivity index is 0.00000364. The molecule has 152 valence electrons. The van der Waals surface area contributed by atoms with Crippen molar-refractivity contribution in [1.29, 1.82) is 0 Å². The summed E-state index contributed by atoms with van der Waals surface area (Å²) >= 11 is 0. The van der Waals surface area contributed by atoms with Crippen molar-refractivity contribution in [2.75, 3.05) is 47.1 Å². The molecule has 7 heteroatoms. The molecule has 0 atom stereocenters. The van der Waals surface area contributed by atoms with Crippen molar-refractivity contribution in [3.63, 3.8) is 0 Å². The summed E-state index contributed by atoms with van der Waals surface area (Å²) in [7, 11) is 3.48. The van der Waals surface area contributed by atoms with Gasteiger partial charge in [-0.1, -0.05) is 25.1 Å². The molecule has 0 aliphatic carbocycles. The normalized spacial score (nSPS) is 11.4. The smallest absolute Gasteiger partial charge is 0.190 e. The fourth-order valence-electron chi connectivity index (χ4n) is 2.94. The number of guanidine groups is 1. The lowest BCUT2D eigenvalue weighted by molar-refractivity contribution is 0.0698. The number of ether oxygens (including phenoxy) is 2. The predicted octanol–water partition coefficient (Wildman–Crippen LogP) is 3.11. The number of aromatic nitrogens is 1. The highest BCUT2D eigenvalue weighted by Gasteiger charge is 2.06. The van der Waals surface area contributed by atoms with E-state index in [-0.39, 0.29) is 24.0 Å². The maximum absolute atomic E-state index is 5.45. The third-order valence-electron chi connectivity index (χ3n) is 4.37. The molecule has 2 rings (SSSR count). The number of benzene rings is 1. The zero-order valence-electron chi connectivity index (χ0n) is 16.6. The number of aryl methyl sites for hydroxylation is 1. The summed E-state index contributed by atoms with van der Waals surface area (Å²) in [6.45, 7) is 5.88. The van der Waals surface area contributed by atoms with E-state index in [0.29, 0.717) is 13.2 Å². The van der Waals surface area contributed by atoms with Crippen LogP contribution < -0.4 is 10.6 Å². The molecule has 1 heterocycles. The van der Waals surface area contributed by atoms with Crippen molar-refractivity contribution in [3.8, 4) is 0 Å². The van der Waals surface area contributed by atoms with Crippen LogP contribution in [0.25, 0.3) is 10.9 Å². The summed E-state index contributed by atoms with van der Waals surface area (Å²) in [6, 6.07) is 6.52. The van der Waals surface area contributed by atoms with Gasteiger partial charge in [0.2, 0.25) is 0 Å². The van der Waals surface area contributed by atoms with Crippen LogP contribution in [-0.4, -0.2) is 58.0 Å². The number of hydrogen-bond acceptors (Lipinski definition) is 3. The van der Waals surface area contributed by atoms with Gasteiger partial charge in [0, 0.05) is 51.0 Å². The molecule has 1 aromatic heterocycles. The molecule has 0 aliphatic heterocycles. The highest BCUT2D eigenvalue weighted by atomic mass is 127. The van der Waals surface area contributed by atoms with E-state index in [1.165, 1.54) is 22.0 Å². The maximum Gasteiger partial charge on any atom is 0.190 e. The van der Waals surface area contributed by atoms with Crippen LogP contribution in [0.1, 0.15) is 24.5 Å². The first kappa shape index (κ1) is 23.7. The molecule has 0 radical (unpaired) electrons. The van der Waals surface area contributed by atoms with Crippen LogP contribution in [0, 0.1) is 0 Å². The molecule has 0 unspecified atom stereocenters. The van der Waals surface area contributed by atoms with E-state index in [1.54, 1.807) is 14.2 Å². The highest BCUT2D eigenvalue weighted by molar-refractivity contribution is 14.0. The molecule has 0 saturated carbocycles. The van der Waals surface area contributed by atoms with Gasteiger partial charge in [-0.15, -0.1) is 24.0 Å². The van der Waals surface area contributed by atoms with Crippen LogP contribution in [0.3, 0.4) is 0 Å². The molecular formula is C20H33IN4O2. The van der Waals surface area contributed by atoms with Gasteiger partial charge in [0.25, 0.3) is 0 Å². The Morgan fingerprint density at radius 3 is 2.67 bits per heavy atom. The van der Waals surface area contributed by atoms with Crippen molar-refractivity contribution >= 4 is 40.8 Å². The molecule has 3 N–H and O–H groups in total. The largest absolute Gasteiger partial charge is 0.382 e. The Morgan fingerprint density at radius 1 is 1.11 bits per heavy atom. The summed E-state index contributed by atoms with van der Waals surface area (Å²) in [5, 5.41) is 8.01. The predicted molar refractivity (Wildman–Crippen MR) is 123 cm³/mol. The van der Waals surface area contributed by atoms with Gasteiger partial charge in [-0.25, -0.2) is 0 Å². The lowest BCUT2D eigenvalue weighted by Gasteiger charge is -2.12.